The van der Waals surface area contributed by atoms with Crippen molar-refractivity contribution in [3.8, 4) is 11.4 Å². The SMILES string of the molecule is COCCCNc1cc(N2CCC(C)CC2)nc(-c2ccccc2)n1. The molecule has 2 aromatic rings. The first kappa shape index (κ1) is 17.7. The van der Waals surface area contributed by atoms with Gasteiger partial charge in [-0.25, -0.2) is 9.97 Å². The Bertz CT molecular complexity index is 654. The predicted octanol–water partition coefficient (Wildman–Crippen LogP) is 3.83. The third-order valence-electron chi connectivity index (χ3n) is 4.68. The first-order valence-corrected chi connectivity index (χ1v) is 9.18. The van der Waals surface area contributed by atoms with Crippen molar-refractivity contribution >= 4 is 11.6 Å². The second-order valence-corrected chi connectivity index (χ2v) is 6.74. The molecule has 0 unspecified atom stereocenters. The molecule has 0 saturated carbocycles. The molecule has 0 spiro atoms. The van der Waals surface area contributed by atoms with Gasteiger partial charge in [0.05, 0.1) is 0 Å². The van der Waals surface area contributed by atoms with E-state index < -0.39 is 0 Å². The minimum Gasteiger partial charge on any atom is -0.385 e. The molecule has 5 heteroatoms. The number of anilines is 2. The zero-order valence-electron chi connectivity index (χ0n) is 15.2. The number of ether oxygens (including phenoxy) is 1. The fourth-order valence-electron chi connectivity index (χ4n) is 3.07. The summed E-state index contributed by atoms with van der Waals surface area (Å²) in [5, 5.41) is 3.42. The summed E-state index contributed by atoms with van der Waals surface area (Å²) in [5.74, 6) is 3.50. The van der Waals surface area contributed by atoms with Crippen LogP contribution < -0.4 is 10.2 Å². The van der Waals surface area contributed by atoms with Crippen LogP contribution in [0.4, 0.5) is 11.6 Å². The third-order valence-corrected chi connectivity index (χ3v) is 4.68. The molecule has 5 nitrogen and oxygen atoms in total. The molecule has 1 aliphatic heterocycles. The third kappa shape index (κ3) is 4.92. The molecule has 1 aromatic heterocycles. The zero-order chi connectivity index (χ0) is 17.5. The molecule has 0 bridgehead atoms. The number of hydrogen-bond acceptors (Lipinski definition) is 5. The molecule has 1 aromatic carbocycles. The Morgan fingerprint density at radius 2 is 1.92 bits per heavy atom. The molecule has 1 saturated heterocycles. The highest BCUT2D eigenvalue weighted by molar-refractivity contribution is 5.61. The van der Waals surface area contributed by atoms with E-state index in [9.17, 15) is 0 Å². The number of piperidine rings is 1. The van der Waals surface area contributed by atoms with Gasteiger partial charge in [-0.15, -0.1) is 0 Å². The Kier molecular flexibility index (Phi) is 6.23. The van der Waals surface area contributed by atoms with E-state index in [1.807, 2.05) is 18.2 Å². The summed E-state index contributed by atoms with van der Waals surface area (Å²) in [6.07, 6.45) is 3.40. The first-order valence-electron chi connectivity index (χ1n) is 9.18. The number of nitrogens with one attached hydrogen (secondary N) is 1. The molecule has 1 aliphatic rings. The van der Waals surface area contributed by atoms with Crippen molar-refractivity contribution in [1.82, 2.24) is 9.97 Å². The van der Waals surface area contributed by atoms with Gasteiger partial charge in [0.15, 0.2) is 5.82 Å². The van der Waals surface area contributed by atoms with Crippen LogP contribution in [-0.2, 0) is 4.74 Å². The van der Waals surface area contributed by atoms with Crippen molar-refractivity contribution < 1.29 is 4.74 Å². The van der Waals surface area contributed by atoms with Crippen LogP contribution in [0.1, 0.15) is 26.2 Å². The molecule has 0 atom stereocenters. The Morgan fingerprint density at radius 1 is 1.16 bits per heavy atom. The molecule has 0 amide bonds. The Hall–Kier alpha value is -2.14. The number of aromatic nitrogens is 2. The van der Waals surface area contributed by atoms with E-state index in [0.717, 1.165) is 61.6 Å². The first-order chi connectivity index (χ1) is 12.3. The van der Waals surface area contributed by atoms with Crippen LogP contribution in [0.3, 0.4) is 0 Å². The summed E-state index contributed by atoms with van der Waals surface area (Å²) in [6.45, 7) is 6.05. The van der Waals surface area contributed by atoms with Gasteiger partial charge in [0.25, 0.3) is 0 Å². The van der Waals surface area contributed by atoms with Crippen LogP contribution in [0.5, 0.6) is 0 Å². The van der Waals surface area contributed by atoms with Gasteiger partial charge < -0.3 is 15.0 Å². The number of nitrogens with zero attached hydrogens (tertiary/aromatic N) is 3. The lowest BCUT2D eigenvalue weighted by Crippen LogP contribution is -2.33. The van der Waals surface area contributed by atoms with E-state index in [-0.39, 0.29) is 0 Å². The van der Waals surface area contributed by atoms with E-state index in [1.165, 1.54) is 12.8 Å². The van der Waals surface area contributed by atoms with Gasteiger partial charge >= 0.3 is 0 Å². The second kappa shape index (κ2) is 8.81. The standard InChI is InChI=1S/C20H28N4O/c1-16-9-12-24(13-10-16)19-15-18(21-11-6-14-25-2)22-20(23-19)17-7-4-3-5-8-17/h3-5,7-8,15-16H,6,9-14H2,1-2H3,(H,21,22,23). The second-order valence-electron chi connectivity index (χ2n) is 6.74. The van der Waals surface area contributed by atoms with Crippen molar-refractivity contribution in [2.75, 3.05) is 43.6 Å². The quantitative estimate of drug-likeness (QED) is 0.776. The van der Waals surface area contributed by atoms with Gasteiger partial charge in [0.2, 0.25) is 0 Å². The van der Waals surface area contributed by atoms with Crippen LogP contribution in [0.25, 0.3) is 11.4 Å². The van der Waals surface area contributed by atoms with Crippen LogP contribution in [0.2, 0.25) is 0 Å². The summed E-state index contributed by atoms with van der Waals surface area (Å²) in [5.41, 5.74) is 1.05. The lowest BCUT2D eigenvalue weighted by Gasteiger charge is -2.31. The molecule has 1 N–H and O–H groups in total. The van der Waals surface area contributed by atoms with E-state index in [0.29, 0.717) is 0 Å². The molecule has 3 rings (SSSR count). The fraction of sp³-hybridized carbons (Fsp3) is 0.500. The van der Waals surface area contributed by atoms with Gasteiger partial charge in [-0.1, -0.05) is 37.3 Å². The van der Waals surface area contributed by atoms with Crippen molar-refractivity contribution in [3.05, 3.63) is 36.4 Å². The monoisotopic (exact) mass is 340 g/mol. The molecule has 25 heavy (non-hydrogen) atoms. The molecule has 2 heterocycles. The van der Waals surface area contributed by atoms with Gasteiger partial charge in [0, 0.05) is 45.0 Å². The van der Waals surface area contributed by atoms with E-state index in [4.69, 9.17) is 14.7 Å². The maximum atomic E-state index is 5.12. The number of rotatable bonds is 7. The number of methoxy groups -OCH3 is 1. The number of hydrogen-bond donors (Lipinski definition) is 1. The molecular weight excluding hydrogens is 312 g/mol. The highest BCUT2D eigenvalue weighted by Gasteiger charge is 2.18. The van der Waals surface area contributed by atoms with Crippen molar-refractivity contribution in [3.63, 3.8) is 0 Å². The average Bonchev–Trinajstić information content (AvgIpc) is 2.66. The Balaban J connectivity index is 1.83. The lowest BCUT2D eigenvalue weighted by molar-refractivity contribution is 0.198. The fourth-order valence-corrected chi connectivity index (χ4v) is 3.07. The maximum Gasteiger partial charge on any atom is 0.163 e. The summed E-state index contributed by atoms with van der Waals surface area (Å²) in [6, 6.07) is 12.3. The molecule has 134 valence electrons. The largest absolute Gasteiger partial charge is 0.385 e. The van der Waals surface area contributed by atoms with E-state index in [2.05, 4.69) is 35.3 Å². The van der Waals surface area contributed by atoms with E-state index in [1.54, 1.807) is 7.11 Å². The Morgan fingerprint density at radius 3 is 2.64 bits per heavy atom. The van der Waals surface area contributed by atoms with Crippen LogP contribution in [-0.4, -0.2) is 43.3 Å². The van der Waals surface area contributed by atoms with Crippen LogP contribution >= 0.6 is 0 Å². The molecule has 0 radical (unpaired) electrons. The predicted molar refractivity (Wildman–Crippen MR) is 103 cm³/mol. The van der Waals surface area contributed by atoms with Crippen LogP contribution in [0.15, 0.2) is 36.4 Å². The molecule has 0 aliphatic carbocycles. The summed E-state index contributed by atoms with van der Waals surface area (Å²) in [4.78, 5) is 12.0. The van der Waals surface area contributed by atoms with E-state index >= 15 is 0 Å². The molecular formula is C20H28N4O. The average molecular weight is 340 g/mol. The number of benzene rings is 1. The smallest absolute Gasteiger partial charge is 0.163 e. The minimum absolute atomic E-state index is 0.750. The van der Waals surface area contributed by atoms with Crippen molar-refractivity contribution in [2.45, 2.75) is 26.2 Å². The highest BCUT2D eigenvalue weighted by Crippen LogP contribution is 2.26. The molecule has 1 fully saturated rings. The zero-order valence-corrected chi connectivity index (χ0v) is 15.2. The normalized spacial score (nSPS) is 15.4. The van der Waals surface area contributed by atoms with Gasteiger partial charge in [0.1, 0.15) is 11.6 Å². The van der Waals surface area contributed by atoms with Gasteiger partial charge in [-0.3, -0.25) is 0 Å². The van der Waals surface area contributed by atoms with Gasteiger partial charge in [-0.2, -0.15) is 0 Å². The lowest BCUT2D eigenvalue weighted by atomic mass is 9.99. The van der Waals surface area contributed by atoms with Gasteiger partial charge in [-0.05, 0) is 25.2 Å². The maximum absolute atomic E-state index is 5.12. The van der Waals surface area contributed by atoms with Crippen molar-refractivity contribution in [2.24, 2.45) is 5.92 Å². The topological polar surface area (TPSA) is 50.3 Å². The minimum atomic E-state index is 0.750. The summed E-state index contributed by atoms with van der Waals surface area (Å²) >= 11 is 0. The van der Waals surface area contributed by atoms with Crippen molar-refractivity contribution in [1.29, 1.82) is 0 Å². The summed E-state index contributed by atoms with van der Waals surface area (Å²) < 4.78 is 5.12. The summed E-state index contributed by atoms with van der Waals surface area (Å²) in [7, 11) is 1.73. The van der Waals surface area contributed by atoms with Crippen LogP contribution in [0, 0.1) is 5.92 Å². The Labute approximate surface area is 150 Å². The highest BCUT2D eigenvalue weighted by atomic mass is 16.5.